The second kappa shape index (κ2) is 3.59. The quantitative estimate of drug-likeness (QED) is 0.693. The van der Waals surface area contributed by atoms with Crippen molar-refractivity contribution in [3.63, 3.8) is 0 Å². The number of halogens is 3. The van der Waals surface area contributed by atoms with Gasteiger partial charge in [0.2, 0.25) is 0 Å². The highest BCUT2D eigenvalue weighted by atomic mass is 19.4. The van der Waals surface area contributed by atoms with E-state index in [0.29, 0.717) is 24.0 Å². The van der Waals surface area contributed by atoms with E-state index in [4.69, 9.17) is 0 Å². The van der Waals surface area contributed by atoms with Crippen molar-refractivity contribution in [3.8, 4) is 0 Å². The summed E-state index contributed by atoms with van der Waals surface area (Å²) in [6.07, 6.45) is -3.17. The number of benzene rings is 1. The number of carbonyl (C=O) groups excluding carboxylic acids is 1. The van der Waals surface area contributed by atoms with Crippen LogP contribution in [0.3, 0.4) is 0 Å². The van der Waals surface area contributed by atoms with Crippen molar-refractivity contribution in [2.45, 2.75) is 37.3 Å². The lowest BCUT2D eigenvalue weighted by Gasteiger charge is -2.32. The minimum atomic E-state index is -4.31. The molecule has 1 aromatic rings. The normalized spacial score (nSPS) is 31.1. The van der Waals surface area contributed by atoms with Crippen LogP contribution in [0.4, 0.5) is 13.2 Å². The number of fused-ring (bicyclic) bond motifs is 2. The highest BCUT2D eigenvalue weighted by Gasteiger charge is 2.62. The van der Waals surface area contributed by atoms with E-state index in [2.05, 4.69) is 0 Å². The lowest BCUT2D eigenvalue weighted by molar-refractivity contribution is -0.191. The predicted molar refractivity (Wildman–Crippen MR) is 60.2 cm³/mol. The third-order valence-corrected chi connectivity index (χ3v) is 4.38. The summed E-state index contributed by atoms with van der Waals surface area (Å²) in [6, 6.07) is 6.88. The van der Waals surface area contributed by atoms with Gasteiger partial charge < -0.3 is 0 Å². The molecule has 0 heterocycles. The van der Waals surface area contributed by atoms with E-state index in [0.717, 1.165) is 0 Å². The Morgan fingerprint density at radius 1 is 1.22 bits per heavy atom. The smallest absolute Gasteiger partial charge is 0.299 e. The Hall–Kier alpha value is -1.32. The molecule has 96 valence electrons. The van der Waals surface area contributed by atoms with E-state index in [1.807, 2.05) is 0 Å². The highest BCUT2D eigenvalue weighted by Crippen LogP contribution is 2.56. The third-order valence-electron chi connectivity index (χ3n) is 4.38. The zero-order valence-electron chi connectivity index (χ0n) is 9.76. The zero-order chi connectivity index (χ0) is 13.0. The number of alkyl halides is 3. The molecule has 0 N–H and O–H groups in total. The highest BCUT2D eigenvalue weighted by molar-refractivity contribution is 5.94. The van der Waals surface area contributed by atoms with Gasteiger partial charge in [-0.1, -0.05) is 24.3 Å². The van der Waals surface area contributed by atoms with Crippen molar-refractivity contribution >= 4 is 5.78 Å². The van der Waals surface area contributed by atoms with Crippen LogP contribution < -0.4 is 0 Å². The van der Waals surface area contributed by atoms with Gasteiger partial charge in [0, 0.05) is 6.42 Å². The molecule has 4 heteroatoms. The molecule has 3 rings (SSSR count). The summed E-state index contributed by atoms with van der Waals surface area (Å²) < 4.78 is 39.7. The Kier molecular flexibility index (Phi) is 2.34. The lowest BCUT2D eigenvalue weighted by atomic mass is 9.72. The molecule has 0 radical (unpaired) electrons. The fourth-order valence-corrected chi connectivity index (χ4v) is 3.65. The fourth-order valence-electron chi connectivity index (χ4n) is 3.65. The molecule has 0 bridgehead atoms. The maximum absolute atomic E-state index is 13.2. The Morgan fingerprint density at radius 3 is 2.56 bits per heavy atom. The summed E-state index contributed by atoms with van der Waals surface area (Å²) >= 11 is 0. The molecule has 0 amide bonds. The topological polar surface area (TPSA) is 17.1 Å². The number of hydrogen-bond donors (Lipinski definition) is 0. The van der Waals surface area contributed by atoms with Crippen LogP contribution in [0.2, 0.25) is 0 Å². The summed E-state index contributed by atoms with van der Waals surface area (Å²) in [5, 5.41) is 0. The summed E-state index contributed by atoms with van der Waals surface area (Å²) in [7, 11) is 0. The van der Waals surface area contributed by atoms with Crippen molar-refractivity contribution in [1.29, 1.82) is 0 Å². The van der Waals surface area contributed by atoms with Gasteiger partial charge in [0.1, 0.15) is 5.78 Å². The van der Waals surface area contributed by atoms with Crippen LogP contribution in [0.15, 0.2) is 24.3 Å². The van der Waals surface area contributed by atoms with Crippen LogP contribution in [0.25, 0.3) is 0 Å². The van der Waals surface area contributed by atoms with Crippen LogP contribution in [0.1, 0.15) is 30.4 Å². The van der Waals surface area contributed by atoms with Gasteiger partial charge in [0.15, 0.2) is 0 Å². The van der Waals surface area contributed by atoms with Crippen molar-refractivity contribution in [2.75, 3.05) is 0 Å². The molecular weight excluding hydrogens is 241 g/mol. The van der Waals surface area contributed by atoms with Gasteiger partial charge in [-0.2, -0.15) is 13.2 Å². The SMILES string of the molecule is O=C1CCCC12c1ccccc1CC2C(F)(F)F. The fraction of sp³-hybridized carbons (Fsp3) is 0.500. The first-order valence-corrected chi connectivity index (χ1v) is 6.14. The molecule has 2 aliphatic rings. The average Bonchev–Trinajstić information content (AvgIpc) is 2.84. The maximum atomic E-state index is 13.2. The van der Waals surface area contributed by atoms with Crippen molar-refractivity contribution in [3.05, 3.63) is 35.4 Å². The number of hydrogen-bond acceptors (Lipinski definition) is 1. The van der Waals surface area contributed by atoms with E-state index in [-0.39, 0.29) is 18.6 Å². The third kappa shape index (κ3) is 1.38. The lowest BCUT2D eigenvalue weighted by Crippen LogP contribution is -2.43. The molecule has 1 saturated carbocycles. The van der Waals surface area contributed by atoms with Crippen molar-refractivity contribution in [2.24, 2.45) is 5.92 Å². The molecule has 2 unspecified atom stereocenters. The Labute approximate surface area is 103 Å². The molecular formula is C14H13F3O. The van der Waals surface area contributed by atoms with Crippen molar-refractivity contribution in [1.82, 2.24) is 0 Å². The first-order chi connectivity index (χ1) is 8.46. The Bertz CT molecular complexity index is 506. The first kappa shape index (κ1) is 11.8. The molecule has 0 aromatic heterocycles. The van der Waals surface area contributed by atoms with Crippen LogP contribution >= 0.6 is 0 Å². The van der Waals surface area contributed by atoms with Crippen LogP contribution in [0.5, 0.6) is 0 Å². The standard InChI is InChI=1S/C14H13F3O/c15-14(16,17)11-8-9-4-1-2-5-10(9)13(11)7-3-6-12(13)18/h1-2,4-5,11H,3,6-8H2. The number of Topliss-reactive ketones (excluding diaryl/α,β-unsaturated/α-hetero) is 1. The van der Waals surface area contributed by atoms with Crippen LogP contribution in [-0.4, -0.2) is 12.0 Å². The predicted octanol–water partition coefficient (Wildman–Crippen LogP) is 3.41. The molecule has 1 aromatic carbocycles. The molecule has 1 nitrogen and oxygen atoms in total. The minimum Gasteiger partial charge on any atom is -0.299 e. The second-order valence-corrected chi connectivity index (χ2v) is 5.20. The molecule has 0 aliphatic heterocycles. The van der Waals surface area contributed by atoms with Crippen LogP contribution in [-0.2, 0) is 16.6 Å². The van der Waals surface area contributed by atoms with E-state index < -0.39 is 17.5 Å². The van der Waals surface area contributed by atoms with Gasteiger partial charge >= 0.3 is 6.18 Å². The molecule has 1 fully saturated rings. The van der Waals surface area contributed by atoms with E-state index in [9.17, 15) is 18.0 Å². The van der Waals surface area contributed by atoms with Crippen molar-refractivity contribution < 1.29 is 18.0 Å². The minimum absolute atomic E-state index is 0.0502. The number of ketones is 1. The van der Waals surface area contributed by atoms with E-state index in [1.165, 1.54) is 0 Å². The largest absolute Gasteiger partial charge is 0.393 e. The van der Waals surface area contributed by atoms with Gasteiger partial charge in [-0.25, -0.2) is 0 Å². The molecule has 2 aliphatic carbocycles. The maximum Gasteiger partial charge on any atom is 0.393 e. The van der Waals surface area contributed by atoms with E-state index >= 15 is 0 Å². The molecule has 2 atom stereocenters. The molecule has 1 spiro atoms. The monoisotopic (exact) mass is 254 g/mol. The van der Waals surface area contributed by atoms with Gasteiger partial charge in [-0.05, 0) is 30.4 Å². The van der Waals surface area contributed by atoms with Gasteiger partial charge in [0.25, 0.3) is 0 Å². The Balaban J connectivity index is 2.19. The average molecular weight is 254 g/mol. The second-order valence-electron chi connectivity index (χ2n) is 5.20. The number of rotatable bonds is 0. The van der Waals surface area contributed by atoms with Gasteiger partial charge in [-0.15, -0.1) is 0 Å². The van der Waals surface area contributed by atoms with Gasteiger partial charge in [-0.3, -0.25) is 4.79 Å². The summed E-state index contributed by atoms with van der Waals surface area (Å²) in [5.74, 6) is -1.76. The summed E-state index contributed by atoms with van der Waals surface area (Å²) in [4.78, 5) is 12.1. The van der Waals surface area contributed by atoms with Crippen LogP contribution in [0, 0.1) is 5.92 Å². The first-order valence-electron chi connectivity index (χ1n) is 6.14. The Morgan fingerprint density at radius 2 is 1.94 bits per heavy atom. The van der Waals surface area contributed by atoms with E-state index in [1.54, 1.807) is 24.3 Å². The summed E-state index contributed by atoms with van der Waals surface area (Å²) in [5.41, 5.74) is 0.0272. The summed E-state index contributed by atoms with van der Waals surface area (Å²) in [6.45, 7) is 0. The molecule has 0 saturated heterocycles. The molecule has 18 heavy (non-hydrogen) atoms. The zero-order valence-corrected chi connectivity index (χ0v) is 9.76. The number of carbonyl (C=O) groups is 1. The van der Waals surface area contributed by atoms with Gasteiger partial charge in [0.05, 0.1) is 11.3 Å².